The third-order valence-corrected chi connectivity index (χ3v) is 4.93. The van der Waals surface area contributed by atoms with Crippen molar-refractivity contribution in [2.75, 3.05) is 11.4 Å². The molecular weight excluding hydrogens is 411 g/mol. The van der Waals surface area contributed by atoms with Gasteiger partial charge in [0.1, 0.15) is 0 Å². The van der Waals surface area contributed by atoms with Gasteiger partial charge in [-0.15, -0.1) is 10.2 Å². The van der Waals surface area contributed by atoms with E-state index in [9.17, 15) is 22.8 Å². The smallest absolute Gasteiger partial charge is 0.345 e. The maximum atomic E-state index is 12.9. The minimum atomic E-state index is -4.49. The Morgan fingerprint density at radius 1 is 1.13 bits per heavy atom. The highest BCUT2D eigenvalue weighted by Crippen LogP contribution is 2.29. The number of aromatic nitrogens is 3. The molecular formula is C21H18F3N5O2. The zero-order chi connectivity index (χ0) is 22.0. The molecule has 1 saturated heterocycles. The number of amides is 2. The molecule has 1 N–H and O–H groups in total. The summed E-state index contributed by atoms with van der Waals surface area (Å²) in [6.07, 6.45) is 0.744. The van der Waals surface area contributed by atoms with Crippen LogP contribution in [-0.2, 0) is 22.3 Å². The summed E-state index contributed by atoms with van der Waals surface area (Å²) in [5.41, 5.74) is 1.02. The van der Waals surface area contributed by atoms with Gasteiger partial charge in [-0.2, -0.15) is 13.2 Å². The van der Waals surface area contributed by atoms with Crippen molar-refractivity contribution in [1.82, 2.24) is 19.9 Å². The Kier molecular flexibility index (Phi) is 5.45. The van der Waals surface area contributed by atoms with E-state index in [0.717, 1.165) is 29.9 Å². The molecule has 0 bridgehead atoms. The van der Waals surface area contributed by atoms with Crippen molar-refractivity contribution in [3.8, 4) is 0 Å². The number of benzene rings is 1. The fourth-order valence-electron chi connectivity index (χ4n) is 3.31. The quantitative estimate of drug-likeness (QED) is 0.632. The van der Waals surface area contributed by atoms with E-state index in [1.54, 1.807) is 23.1 Å². The number of anilines is 1. The molecule has 2 aromatic heterocycles. The van der Waals surface area contributed by atoms with Crippen LogP contribution in [0.5, 0.6) is 0 Å². The van der Waals surface area contributed by atoms with Gasteiger partial charge < -0.3 is 10.2 Å². The van der Waals surface area contributed by atoms with Crippen LogP contribution in [0.25, 0.3) is 11.7 Å². The number of fused-ring (bicyclic) bond motifs is 1. The molecule has 3 aromatic rings. The molecule has 0 spiro atoms. The maximum absolute atomic E-state index is 12.9. The van der Waals surface area contributed by atoms with Gasteiger partial charge in [0.05, 0.1) is 12.1 Å². The molecule has 0 aliphatic carbocycles. The Balaban J connectivity index is 1.38. The number of carbonyl (C=O) groups is 2. The van der Waals surface area contributed by atoms with E-state index < -0.39 is 17.6 Å². The van der Waals surface area contributed by atoms with Gasteiger partial charge in [0.15, 0.2) is 11.5 Å². The second-order valence-electron chi connectivity index (χ2n) is 7.05. The molecule has 4 rings (SSSR count). The van der Waals surface area contributed by atoms with Gasteiger partial charge >= 0.3 is 6.18 Å². The largest absolute Gasteiger partial charge is 0.417 e. The summed E-state index contributed by atoms with van der Waals surface area (Å²) in [6, 6.07) is 9.40. The van der Waals surface area contributed by atoms with Crippen molar-refractivity contribution in [3.05, 3.63) is 65.6 Å². The summed E-state index contributed by atoms with van der Waals surface area (Å²) in [7, 11) is 0. The fraction of sp³-hybridized carbons (Fsp3) is 0.238. The van der Waals surface area contributed by atoms with Crippen molar-refractivity contribution in [2.45, 2.75) is 25.6 Å². The Morgan fingerprint density at radius 3 is 2.58 bits per heavy atom. The van der Waals surface area contributed by atoms with E-state index in [0.29, 0.717) is 13.0 Å². The Bertz CT molecular complexity index is 1150. The van der Waals surface area contributed by atoms with Gasteiger partial charge in [0.25, 0.3) is 0 Å². The minimum Gasteiger partial charge on any atom is -0.345 e. The Labute approximate surface area is 175 Å². The van der Waals surface area contributed by atoms with Crippen LogP contribution in [0.3, 0.4) is 0 Å². The lowest BCUT2D eigenvalue weighted by molar-refractivity contribution is -0.137. The van der Waals surface area contributed by atoms with Crippen LogP contribution in [0.15, 0.2) is 48.7 Å². The summed E-state index contributed by atoms with van der Waals surface area (Å²) < 4.78 is 39.9. The molecule has 160 valence electrons. The molecule has 2 amide bonds. The first-order valence-corrected chi connectivity index (χ1v) is 9.58. The highest BCUT2D eigenvalue weighted by Gasteiger charge is 2.31. The van der Waals surface area contributed by atoms with Gasteiger partial charge in [0, 0.05) is 30.9 Å². The van der Waals surface area contributed by atoms with Crippen molar-refractivity contribution in [3.63, 3.8) is 0 Å². The molecule has 3 heterocycles. The molecule has 0 radical (unpaired) electrons. The number of hydrogen-bond acceptors (Lipinski definition) is 4. The number of nitrogens with zero attached hydrogens (tertiary/aromatic N) is 4. The van der Waals surface area contributed by atoms with E-state index in [4.69, 9.17) is 0 Å². The maximum Gasteiger partial charge on any atom is 0.417 e. The van der Waals surface area contributed by atoms with E-state index in [2.05, 4.69) is 15.5 Å². The lowest BCUT2D eigenvalue weighted by atomic mass is 10.2. The number of hydrogen-bond donors (Lipinski definition) is 1. The second-order valence-corrected chi connectivity index (χ2v) is 7.05. The zero-order valence-corrected chi connectivity index (χ0v) is 16.3. The molecule has 0 saturated carbocycles. The highest BCUT2D eigenvalue weighted by molar-refractivity contribution is 5.95. The number of carbonyl (C=O) groups excluding carboxylic acids is 2. The van der Waals surface area contributed by atoms with Gasteiger partial charge in [-0.05, 0) is 42.3 Å². The summed E-state index contributed by atoms with van der Waals surface area (Å²) in [4.78, 5) is 25.6. The van der Waals surface area contributed by atoms with Gasteiger partial charge in [0.2, 0.25) is 11.8 Å². The van der Waals surface area contributed by atoms with E-state index in [-0.39, 0.29) is 23.9 Å². The summed E-state index contributed by atoms with van der Waals surface area (Å²) in [5, 5.41) is 10.2. The first-order valence-electron chi connectivity index (χ1n) is 9.58. The molecule has 1 aromatic carbocycles. The predicted molar refractivity (Wildman–Crippen MR) is 107 cm³/mol. The third-order valence-electron chi connectivity index (χ3n) is 4.93. The molecule has 1 aliphatic rings. The van der Waals surface area contributed by atoms with Crippen molar-refractivity contribution in [1.29, 1.82) is 0 Å². The van der Waals surface area contributed by atoms with E-state index >= 15 is 0 Å². The molecule has 10 heteroatoms. The summed E-state index contributed by atoms with van der Waals surface area (Å²) >= 11 is 0. The van der Waals surface area contributed by atoms with Crippen molar-refractivity contribution >= 4 is 29.2 Å². The van der Waals surface area contributed by atoms with Crippen LogP contribution in [0.1, 0.15) is 29.8 Å². The van der Waals surface area contributed by atoms with Gasteiger partial charge in [-0.3, -0.25) is 14.0 Å². The number of rotatable bonds is 5. The van der Waals surface area contributed by atoms with E-state index in [1.807, 2.05) is 12.1 Å². The minimum absolute atomic E-state index is 0.0817. The lowest BCUT2D eigenvalue weighted by Crippen LogP contribution is -2.23. The molecule has 1 fully saturated rings. The predicted octanol–water partition coefficient (Wildman–Crippen LogP) is 3.20. The molecule has 1 aliphatic heterocycles. The van der Waals surface area contributed by atoms with Gasteiger partial charge in [-0.1, -0.05) is 12.1 Å². The summed E-state index contributed by atoms with van der Waals surface area (Å²) in [5.74, 6) is -0.143. The molecule has 7 nitrogen and oxygen atoms in total. The molecule has 31 heavy (non-hydrogen) atoms. The lowest BCUT2D eigenvalue weighted by Gasteiger charge is -2.15. The van der Waals surface area contributed by atoms with Crippen LogP contribution in [-0.4, -0.2) is 33.0 Å². The monoisotopic (exact) mass is 429 g/mol. The van der Waals surface area contributed by atoms with Crippen LogP contribution in [0.2, 0.25) is 0 Å². The topological polar surface area (TPSA) is 79.6 Å². The summed E-state index contributed by atoms with van der Waals surface area (Å²) in [6.45, 7) is 0.625. The Hall–Kier alpha value is -3.69. The number of alkyl halides is 3. The van der Waals surface area contributed by atoms with Crippen LogP contribution < -0.4 is 10.2 Å². The number of halogens is 3. The van der Waals surface area contributed by atoms with Crippen molar-refractivity contribution in [2.24, 2.45) is 0 Å². The first kappa shape index (κ1) is 20.6. The number of pyridine rings is 1. The first-order chi connectivity index (χ1) is 14.8. The van der Waals surface area contributed by atoms with Crippen LogP contribution in [0, 0.1) is 0 Å². The van der Waals surface area contributed by atoms with E-state index in [1.165, 1.54) is 16.5 Å². The highest BCUT2D eigenvalue weighted by atomic mass is 19.4. The second kappa shape index (κ2) is 8.21. The Morgan fingerprint density at radius 2 is 1.90 bits per heavy atom. The standard InChI is InChI=1S/C21H18F3N5O2/c22-21(23,24)15-6-9-17-26-27-18(29(17)13-15)12-25-19(30)10-5-14-3-7-16(8-4-14)28-11-1-2-20(28)31/h3-10,13H,1-2,11-12H2,(H,25,30)/b10-5+. The molecule has 0 unspecified atom stereocenters. The fourth-order valence-corrected chi connectivity index (χ4v) is 3.31. The average molecular weight is 429 g/mol. The molecule has 0 atom stereocenters. The average Bonchev–Trinajstić information content (AvgIpc) is 3.36. The third kappa shape index (κ3) is 4.57. The van der Waals surface area contributed by atoms with Crippen LogP contribution in [0.4, 0.5) is 18.9 Å². The van der Waals surface area contributed by atoms with Crippen molar-refractivity contribution < 1.29 is 22.8 Å². The normalized spacial score (nSPS) is 14.7. The zero-order valence-electron chi connectivity index (χ0n) is 16.3. The van der Waals surface area contributed by atoms with Gasteiger partial charge in [-0.25, -0.2) is 0 Å². The van der Waals surface area contributed by atoms with Crippen LogP contribution >= 0.6 is 0 Å². The SMILES string of the molecule is O=C(/C=C/c1ccc(N2CCCC2=O)cc1)NCc1nnc2ccc(C(F)(F)F)cn12. The number of nitrogens with one attached hydrogen (secondary N) is 1.